The number of ketones is 1. The van der Waals surface area contributed by atoms with Gasteiger partial charge in [-0.3, -0.25) is 4.79 Å². The van der Waals surface area contributed by atoms with Crippen LogP contribution in [0.1, 0.15) is 19.8 Å². The number of hydrogen-bond donors (Lipinski definition) is 1. The summed E-state index contributed by atoms with van der Waals surface area (Å²) in [4.78, 5) is 10.9. The van der Waals surface area contributed by atoms with E-state index in [0.717, 1.165) is 6.42 Å². The summed E-state index contributed by atoms with van der Waals surface area (Å²) in [6.45, 7) is 1.91. The first-order valence-corrected chi connectivity index (χ1v) is 3.91. The highest BCUT2D eigenvalue weighted by Gasteiger charge is 2.33. The molecule has 0 aliphatic heterocycles. The Labute approximate surface area is 65.2 Å². The van der Waals surface area contributed by atoms with Crippen molar-refractivity contribution in [2.75, 3.05) is 0 Å². The Bertz CT molecular complexity index is 147. The molecule has 2 nitrogen and oxygen atoms in total. The van der Waals surface area contributed by atoms with Crippen LogP contribution >= 0.6 is 11.6 Å². The predicted molar refractivity (Wildman–Crippen MR) is 39.1 cm³/mol. The lowest BCUT2D eigenvalue weighted by molar-refractivity contribution is -0.123. The molecule has 0 amide bonds. The van der Waals surface area contributed by atoms with Crippen LogP contribution in [0, 0.1) is 5.92 Å². The molecule has 1 rings (SSSR count). The zero-order valence-corrected chi connectivity index (χ0v) is 6.64. The number of aliphatic hydroxyl groups excluding tert-OH is 1. The van der Waals surface area contributed by atoms with Gasteiger partial charge in [-0.15, -0.1) is 11.6 Å². The van der Waals surface area contributed by atoms with Crippen molar-refractivity contribution in [1.82, 2.24) is 0 Å². The molecule has 0 aromatic carbocycles. The summed E-state index contributed by atoms with van der Waals surface area (Å²) in [5.41, 5.74) is 0. The standard InChI is InChI=1S/C7H11ClO2/c1-4-2-3-5(9)6(8)7(4)10/h4,6-7,10H,2-3H2,1H3/t4-,6-,7-/m1/s1. The van der Waals surface area contributed by atoms with Gasteiger partial charge in [0.25, 0.3) is 0 Å². The third kappa shape index (κ3) is 1.32. The van der Waals surface area contributed by atoms with Gasteiger partial charge in [0, 0.05) is 6.42 Å². The maximum atomic E-state index is 10.9. The lowest BCUT2D eigenvalue weighted by atomic mass is 9.87. The second kappa shape index (κ2) is 2.89. The van der Waals surface area contributed by atoms with Gasteiger partial charge in [0.15, 0.2) is 5.78 Å². The van der Waals surface area contributed by atoms with Crippen LogP contribution in [0.15, 0.2) is 0 Å². The molecule has 0 aromatic rings. The molecule has 1 N–H and O–H groups in total. The summed E-state index contributed by atoms with van der Waals surface area (Å²) in [6, 6.07) is 0. The topological polar surface area (TPSA) is 37.3 Å². The molecule has 3 atom stereocenters. The fourth-order valence-corrected chi connectivity index (χ4v) is 1.51. The summed E-state index contributed by atoms with van der Waals surface area (Å²) in [5, 5.41) is 8.60. The number of carbonyl (C=O) groups excluding carboxylic acids is 1. The smallest absolute Gasteiger partial charge is 0.153 e. The zero-order valence-electron chi connectivity index (χ0n) is 5.88. The highest BCUT2D eigenvalue weighted by molar-refractivity contribution is 6.31. The molecule has 3 heteroatoms. The third-order valence-electron chi connectivity index (χ3n) is 2.04. The van der Waals surface area contributed by atoms with E-state index in [2.05, 4.69) is 0 Å². The molecular weight excluding hydrogens is 152 g/mol. The van der Waals surface area contributed by atoms with Crippen molar-refractivity contribution < 1.29 is 9.90 Å². The molecule has 1 aliphatic rings. The normalized spacial score (nSPS) is 41.9. The number of hydrogen-bond acceptors (Lipinski definition) is 2. The van der Waals surface area contributed by atoms with Crippen LogP contribution in [0.3, 0.4) is 0 Å². The van der Waals surface area contributed by atoms with Crippen molar-refractivity contribution in [2.45, 2.75) is 31.2 Å². The average Bonchev–Trinajstić information content (AvgIpc) is 1.93. The minimum Gasteiger partial charge on any atom is -0.391 e. The Kier molecular flexibility index (Phi) is 2.32. The molecule has 10 heavy (non-hydrogen) atoms. The second-order valence-corrected chi connectivity index (χ2v) is 3.34. The van der Waals surface area contributed by atoms with Gasteiger partial charge in [-0.25, -0.2) is 0 Å². The predicted octanol–water partition coefficient (Wildman–Crippen LogP) is 0.954. The summed E-state index contributed by atoms with van der Waals surface area (Å²) in [7, 11) is 0. The fourth-order valence-electron chi connectivity index (χ4n) is 1.16. The Morgan fingerprint density at radius 1 is 1.70 bits per heavy atom. The quantitative estimate of drug-likeness (QED) is 0.539. The van der Waals surface area contributed by atoms with Crippen LogP contribution in [0.25, 0.3) is 0 Å². The van der Waals surface area contributed by atoms with Crippen molar-refractivity contribution in [3.05, 3.63) is 0 Å². The zero-order chi connectivity index (χ0) is 7.72. The number of halogens is 1. The van der Waals surface area contributed by atoms with Gasteiger partial charge in [0.2, 0.25) is 0 Å². The first kappa shape index (κ1) is 8.02. The average molecular weight is 163 g/mol. The highest BCUT2D eigenvalue weighted by atomic mass is 35.5. The summed E-state index contributed by atoms with van der Waals surface area (Å²) >= 11 is 5.61. The van der Waals surface area contributed by atoms with E-state index in [1.807, 2.05) is 6.92 Å². The molecule has 0 unspecified atom stereocenters. The van der Waals surface area contributed by atoms with Crippen LogP contribution < -0.4 is 0 Å². The molecule has 0 saturated heterocycles. The van der Waals surface area contributed by atoms with Crippen molar-refractivity contribution >= 4 is 17.4 Å². The van der Waals surface area contributed by atoms with E-state index in [1.165, 1.54) is 0 Å². The fraction of sp³-hybridized carbons (Fsp3) is 0.857. The van der Waals surface area contributed by atoms with Gasteiger partial charge < -0.3 is 5.11 Å². The molecule has 1 fully saturated rings. The Balaban J connectivity index is 2.60. The highest BCUT2D eigenvalue weighted by Crippen LogP contribution is 2.25. The minimum absolute atomic E-state index is 0.0210. The van der Waals surface area contributed by atoms with E-state index in [-0.39, 0.29) is 11.7 Å². The maximum Gasteiger partial charge on any atom is 0.153 e. The molecule has 0 bridgehead atoms. The van der Waals surface area contributed by atoms with Crippen LogP contribution in [0.4, 0.5) is 0 Å². The van der Waals surface area contributed by atoms with E-state index >= 15 is 0 Å². The van der Waals surface area contributed by atoms with Gasteiger partial charge in [-0.05, 0) is 12.3 Å². The van der Waals surface area contributed by atoms with E-state index in [4.69, 9.17) is 11.6 Å². The van der Waals surface area contributed by atoms with Crippen LogP contribution in [0.5, 0.6) is 0 Å². The molecule has 1 saturated carbocycles. The van der Waals surface area contributed by atoms with E-state index in [0.29, 0.717) is 6.42 Å². The van der Waals surface area contributed by atoms with Crippen molar-refractivity contribution in [3.8, 4) is 0 Å². The lowest BCUT2D eigenvalue weighted by Crippen LogP contribution is -2.39. The number of carbonyl (C=O) groups is 1. The number of alkyl halides is 1. The van der Waals surface area contributed by atoms with Gasteiger partial charge in [-0.2, -0.15) is 0 Å². The van der Waals surface area contributed by atoms with Crippen LogP contribution in [-0.4, -0.2) is 22.4 Å². The van der Waals surface area contributed by atoms with E-state index < -0.39 is 11.5 Å². The van der Waals surface area contributed by atoms with Gasteiger partial charge in [0.1, 0.15) is 5.38 Å². The van der Waals surface area contributed by atoms with E-state index in [1.54, 1.807) is 0 Å². The SMILES string of the molecule is C[C@@H]1CCC(=O)[C@@H](Cl)[C@@H]1O. The second-order valence-electron chi connectivity index (χ2n) is 2.87. The van der Waals surface area contributed by atoms with Crippen molar-refractivity contribution in [1.29, 1.82) is 0 Å². The largest absolute Gasteiger partial charge is 0.391 e. The summed E-state index contributed by atoms with van der Waals surface area (Å²) < 4.78 is 0. The lowest BCUT2D eigenvalue weighted by Gasteiger charge is -2.27. The number of aliphatic hydroxyl groups is 1. The van der Waals surface area contributed by atoms with Crippen molar-refractivity contribution in [2.24, 2.45) is 5.92 Å². The minimum atomic E-state index is -0.663. The molecule has 0 heterocycles. The molecule has 0 radical (unpaired) electrons. The Morgan fingerprint density at radius 3 is 2.80 bits per heavy atom. The van der Waals surface area contributed by atoms with Crippen LogP contribution in [-0.2, 0) is 4.79 Å². The molecular formula is C7H11ClO2. The molecule has 58 valence electrons. The molecule has 0 spiro atoms. The van der Waals surface area contributed by atoms with E-state index in [9.17, 15) is 9.90 Å². The molecule has 1 aliphatic carbocycles. The van der Waals surface area contributed by atoms with Gasteiger partial charge >= 0.3 is 0 Å². The van der Waals surface area contributed by atoms with Gasteiger partial charge in [0.05, 0.1) is 6.10 Å². The Hall–Kier alpha value is -0.0800. The molecule has 0 aromatic heterocycles. The Morgan fingerprint density at radius 2 is 2.30 bits per heavy atom. The monoisotopic (exact) mass is 162 g/mol. The van der Waals surface area contributed by atoms with Crippen LogP contribution in [0.2, 0.25) is 0 Å². The first-order valence-electron chi connectivity index (χ1n) is 3.48. The number of Topliss-reactive ketones (excluding diaryl/α,β-unsaturated/α-hetero) is 1. The maximum absolute atomic E-state index is 10.9. The summed E-state index contributed by atoms with van der Waals surface area (Å²) in [5.74, 6) is 0.146. The third-order valence-corrected chi connectivity index (χ3v) is 2.54. The number of rotatable bonds is 0. The summed E-state index contributed by atoms with van der Waals surface area (Å²) in [6.07, 6.45) is 0.651. The first-order chi connectivity index (χ1) is 4.63. The van der Waals surface area contributed by atoms with Crippen molar-refractivity contribution in [3.63, 3.8) is 0 Å². The van der Waals surface area contributed by atoms with Gasteiger partial charge in [-0.1, -0.05) is 6.92 Å².